The number of allylic oxidation sites excluding steroid dienone is 1. The number of ketones is 1. The van der Waals surface area contributed by atoms with Crippen LogP contribution in [0.4, 0.5) is 8.78 Å². The average molecular weight is 332 g/mol. The number of aromatic hydroxyl groups is 1. The Morgan fingerprint density at radius 2 is 2.00 bits per heavy atom. The van der Waals surface area contributed by atoms with Gasteiger partial charge in [0.25, 0.3) is 0 Å². The Morgan fingerprint density at radius 3 is 2.67 bits per heavy atom. The lowest BCUT2D eigenvalue weighted by Gasteiger charge is -2.10. The van der Waals surface area contributed by atoms with E-state index >= 15 is 0 Å². The molecule has 0 fully saturated rings. The normalized spacial score (nSPS) is 15.0. The predicted molar refractivity (Wildman–Crippen MR) is 83.7 cm³/mol. The molecular formula is C18H14F2O4. The maximum absolute atomic E-state index is 12.4. The average Bonchev–Trinajstić information content (AvgIpc) is 2.86. The van der Waals surface area contributed by atoms with Crippen molar-refractivity contribution in [3.8, 4) is 17.2 Å². The lowest BCUT2D eigenvalue weighted by Crippen LogP contribution is -2.03. The van der Waals surface area contributed by atoms with E-state index in [-0.39, 0.29) is 23.0 Å². The van der Waals surface area contributed by atoms with E-state index in [1.807, 2.05) is 0 Å². The van der Waals surface area contributed by atoms with E-state index in [0.717, 1.165) is 0 Å². The van der Waals surface area contributed by atoms with Crippen LogP contribution in [0.2, 0.25) is 0 Å². The van der Waals surface area contributed by atoms with Crippen molar-refractivity contribution in [2.24, 2.45) is 0 Å². The van der Waals surface area contributed by atoms with Gasteiger partial charge in [-0.2, -0.15) is 8.78 Å². The number of ether oxygens (including phenoxy) is 2. The molecule has 0 heterocycles. The number of fused-ring (bicyclic) bond motifs is 1. The topological polar surface area (TPSA) is 55.8 Å². The molecule has 24 heavy (non-hydrogen) atoms. The van der Waals surface area contributed by atoms with Crippen LogP contribution >= 0.6 is 0 Å². The number of methoxy groups -OCH3 is 1. The number of hydrogen-bond donors (Lipinski definition) is 1. The van der Waals surface area contributed by atoms with Crippen LogP contribution in [-0.2, 0) is 6.42 Å². The van der Waals surface area contributed by atoms with Crippen LogP contribution in [0.5, 0.6) is 17.2 Å². The summed E-state index contributed by atoms with van der Waals surface area (Å²) in [6.07, 6.45) is 1.97. The van der Waals surface area contributed by atoms with E-state index in [1.165, 1.54) is 25.3 Å². The highest BCUT2D eigenvalue weighted by atomic mass is 19.3. The fourth-order valence-electron chi connectivity index (χ4n) is 2.70. The van der Waals surface area contributed by atoms with Gasteiger partial charge in [-0.1, -0.05) is 18.2 Å². The van der Waals surface area contributed by atoms with E-state index < -0.39 is 6.61 Å². The number of carbonyl (C=O) groups is 1. The Labute approximate surface area is 136 Å². The van der Waals surface area contributed by atoms with Crippen molar-refractivity contribution in [1.82, 2.24) is 0 Å². The lowest BCUT2D eigenvalue weighted by atomic mass is 10.1. The van der Waals surface area contributed by atoms with Crippen LogP contribution in [0.25, 0.3) is 6.08 Å². The number of Topliss-reactive ketones (excluding diaryl/α,β-unsaturated/α-hetero) is 1. The van der Waals surface area contributed by atoms with E-state index in [1.54, 1.807) is 24.3 Å². The SMILES string of the molecule is COc1cc(/C=C2\Cc3c(O)cccc3C2=O)ccc1OC(F)F. The van der Waals surface area contributed by atoms with Gasteiger partial charge in [0, 0.05) is 23.1 Å². The van der Waals surface area contributed by atoms with Crippen molar-refractivity contribution in [2.45, 2.75) is 13.0 Å². The number of phenolic OH excluding ortho intramolecular Hbond substituents is 1. The summed E-state index contributed by atoms with van der Waals surface area (Å²) in [6, 6.07) is 9.26. The van der Waals surface area contributed by atoms with Crippen molar-refractivity contribution >= 4 is 11.9 Å². The molecule has 0 radical (unpaired) electrons. The fourth-order valence-corrected chi connectivity index (χ4v) is 2.70. The second kappa shape index (κ2) is 6.31. The summed E-state index contributed by atoms with van der Waals surface area (Å²) in [5, 5.41) is 9.85. The molecule has 0 unspecified atom stereocenters. The van der Waals surface area contributed by atoms with Crippen LogP contribution in [0, 0.1) is 0 Å². The van der Waals surface area contributed by atoms with Gasteiger partial charge >= 0.3 is 6.61 Å². The van der Waals surface area contributed by atoms with Gasteiger partial charge in [0.1, 0.15) is 5.75 Å². The largest absolute Gasteiger partial charge is 0.508 e. The summed E-state index contributed by atoms with van der Waals surface area (Å²) < 4.78 is 34.1. The van der Waals surface area contributed by atoms with E-state index in [0.29, 0.717) is 28.7 Å². The quantitative estimate of drug-likeness (QED) is 0.865. The van der Waals surface area contributed by atoms with Crippen LogP contribution in [-0.4, -0.2) is 24.6 Å². The van der Waals surface area contributed by atoms with Crippen molar-refractivity contribution < 1.29 is 28.2 Å². The smallest absolute Gasteiger partial charge is 0.387 e. The standard InChI is InChI=1S/C18H14F2O4/c1-23-16-8-10(5-6-15(16)24-18(19)20)7-11-9-13-12(17(11)22)3-2-4-14(13)21/h2-8,18,21H,9H2,1H3/b11-7+. The van der Waals surface area contributed by atoms with Gasteiger partial charge in [0.15, 0.2) is 17.3 Å². The number of alkyl halides is 2. The Hall–Kier alpha value is -2.89. The maximum atomic E-state index is 12.4. The van der Waals surface area contributed by atoms with Crippen LogP contribution in [0.1, 0.15) is 21.5 Å². The molecule has 1 aliphatic rings. The van der Waals surface area contributed by atoms with E-state index in [4.69, 9.17) is 4.74 Å². The van der Waals surface area contributed by atoms with Crippen molar-refractivity contribution in [3.63, 3.8) is 0 Å². The molecule has 0 atom stereocenters. The van der Waals surface area contributed by atoms with Crippen LogP contribution in [0.15, 0.2) is 42.0 Å². The molecule has 1 N–H and O–H groups in total. The monoisotopic (exact) mass is 332 g/mol. The Morgan fingerprint density at radius 1 is 1.21 bits per heavy atom. The summed E-state index contributed by atoms with van der Waals surface area (Å²) in [4.78, 5) is 12.4. The van der Waals surface area contributed by atoms with Crippen molar-refractivity contribution in [2.75, 3.05) is 7.11 Å². The number of phenols is 1. The number of benzene rings is 2. The Balaban J connectivity index is 1.93. The summed E-state index contributed by atoms with van der Waals surface area (Å²) in [7, 11) is 1.35. The number of halogens is 2. The number of rotatable bonds is 4. The molecule has 0 amide bonds. The molecule has 4 nitrogen and oxygen atoms in total. The van der Waals surface area contributed by atoms with Gasteiger partial charge in [-0.3, -0.25) is 4.79 Å². The molecule has 0 saturated carbocycles. The first-order valence-corrected chi connectivity index (χ1v) is 7.18. The zero-order valence-electron chi connectivity index (χ0n) is 12.8. The minimum atomic E-state index is -2.95. The molecule has 1 aliphatic carbocycles. The summed E-state index contributed by atoms with van der Waals surface area (Å²) >= 11 is 0. The molecule has 2 aromatic carbocycles. The van der Waals surface area contributed by atoms with Gasteiger partial charge in [0.05, 0.1) is 7.11 Å². The second-order valence-corrected chi connectivity index (χ2v) is 5.27. The fraction of sp³-hybridized carbons (Fsp3) is 0.167. The third-order valence-electron chi connectivity index (χ3n) is 3.80. The van der Waals surface area contributed by atoms with Crippen molar-refractivity contribution in [3.05, 3.63) is 58.7 Å². The molecular weight excluding hydrogens is 318 g/mol. The first-order chi connectivity index (χ1) is 11.5. The van der Waals surface area contributed by atoms with E-state index in [9.17, 15) is 18.7 Å². The zero-order valence-corrected chi connectivity index (χ0v) is 12.8. The molecule has 0 saturated heterocycles. The van der Waals surface area contributed by atoms with Crippen LogP contribution < -0.4 is 9.47 Å². The Bertz CT molecular complexity index is 828. The van der Waals surface area contributed by atoms with Crippen LogP contribution in [0.3, 0.4) is 0 Å². The number of carbonyl (C=O) groups excluding carboxylic acids is 1. The third kappa shape index (κ3) is 2.95. The molecule has 6 heteroatoms. The number of hydrogen-bond acceptors (Lipinski definition) is 4. The highest BCUT2D eigenvalue weighted by Crippen LogP contribution is 2.35. The van der Waals surface area contributed by atoms with Gasteiger partial charge < -0.3 is 14.6 Å². The van der Waals surface area contributed by atoms with Gasteiger partial charge in [-0.05, 0) is 29.8 Å². The maximum Gasteiger partial charge on any atom is 0.387 e. The highest BCUT2D eigenvalue weighted by Gasteiger charge is 2.27. The predicted octanol–water partition coefficient (Wildman–Crippen LogP) is 3.82. The second-order valence-electron chi connectivity index (χ2n) is 5.27. The summed E-state index contributed by atoms with van der Waals surface area (Å²) in [5.41, 5.74) is 2.20. The van der Waals surface area contributed by atoms with E-state index in [2.05, 4.69) is 4.74 Å². The minimum Gasteiger partial charge on any atom is -0.508 e. The minimum absolute atomic E-state index is 0.0756. The lowest BCUT2D eigenvalue weighted by molar-refractivity contribution is -0.0512. The first-order valence-electron chi connectivity index (χ1n) is 7.18. The molecule has 3 rings (SSSR count). The molecule has 124 valence electrons. The third-order valence-corrected chi connectivity index (χ3v) is 3.80. The van der Waals surface area contributed by atoms with Gasteiger partial charge in [-0.15, -0.1) is 0 Å². The first kappa shape index (κ1) is 16.0. The molecule has 2 aromatic rings. The molecule has 0 spiro atoms. The molecule has 0 aromatic heterocycles. The highest BCUT2D eigenvalue weighted by molar-refractivity contribution is 6.16. The summed E-state index contributed by atoms with van der Waals surface area (Å²) in [5.74, 6) is -0.000859. The van der Waals surface area contributed by atoms with Gasteiger partial charge in [0.2, 0.25) is 0 Å². The molecule has 0 bridgehead atoms. The van der Waals surface area contributed by atoms with Crippen molar-refractivity contribution in [1.29, 1.82) is 0 Å². The summed E-state index contributed by atoms with van der Waals surface area (Å²) in [6.45, 7) is -2.95. The molecule has 0 aliphatic heterocycles. The van der Waals surface area contributed by atoms with Gasteiger partial charge in [-0.25, -0.2) is 0 Å². The zero-order chi connectivity index (χ0) is 17.3. The Kier molecular flexibility index (Phi) is 4.20.